The normalized spacial score (nSPS) is 11.5. The Bertz CT molecular complexity index is 717. The number of unbranched alkanes of at least 4 members (excludes halogenated alkanes) is 1. The molecule has 1 rings (SSSR count). The van der Waals surface area contributed by atoms with Crippen LogP contribution >= 0.6 is 0 Å². The Hall–Kier alpha value is -2.75. The van der Waals surface area contributed by atoms with Crippen molar-refractivity contribution < 1.29 is 39.2 Å². The number of carbonyl (C=O) groups excluding carboxylic acids is 1. The number of carboxylic acids is 2. The van der Waals surface area contributed by atoms with Gasteiger partial charge in [-0.1, -0.05) is 20.3 Å². The second-order valence-electron chi connectivity index (χ2n) is 6.96. The topological polar surface area (TPSA) is 142 Å². The zero-order valence-electron chi connectivity index (χ0n) is 19.0. The van der Waals surface area contributed by atoms with Crippen molar-refractivity contribution in [2.24, 2.45) is 0 Å². The van der Waals surface area contributed by atoms with Crippen LogP contribution in [-0.4, -0.2) is 65.4 Å². The van der Waals surface area contributed by atoms with Gasteiger partial charge in [-0.3, -0.25) is 4.79 Å². The highest BCUT2D eigenvalue weighted by molar-refractivity contribution is 5.94. The van der Waals surface area contributed by atoms with Gasteiger partial charge in [-0.05, 0) is 44.5 Å². The van der Waals surface area contributed by atoms with E-state index in [4.69, 9.17) is 19.7 Å². The van der Waals surface area contributed by atoms with Crippen molar-refractivity contribution in [3.8, 4) is 5.75 Å². The number of aliphatic hydroxyl groups excluding tert-OH is 1. The molecule has 1 atom stereocenters. The van der Waals surface area contributed by atoms with E-state index in [9.17, 15) is 19.5 Å². The lowest BCUT2D eigenvalue weighted by Crippen LogP contribution is -2.31. The quantitative estimate of drug-likeness (QED) is 0.179. The molecule has 4 N–H and O–H groups in total. The maximum atomic E-state index is 11.6. The Morgan fingerprint density at radius 3 is 2.28 bits per heavy atom. The van der Waals surface area contributed by atoms with E-state index in [1.807, 2.05) is 6.07 Å². The van der Waals surface area contributed by atoms with E-state index in [2.05, 4.69) is 19.2 Å². The fraction of sp³-hybridized carbons (Fsp3) is 0.522. The van der Waals surface area contributed by atoms with E-state index in [0.29, 0.717) is 43.2 Å². The minimum Gasteiger partial charge on any atom is -0.490 e. The number of Topliss-reactive ketones (excluding diaryl/α,β-unsaturated/α-hetero) is 1. The van der Waals surface area contributed by atoms with E-state index >= 15 is 0 Å². The van der Waals surface area contributed by atoms with Gasteiger partial charge in [0.25, 0.3) is 0 Å². The summed E-state index contributed by atoms with van der Waals surface area (Å²) < 4.78 is 11.4. The van der Waals surface area contributed by atoms with Crippen LogP contribution < -0.4 is 10.1 Å². The molecule has 1 unspecified atom stereocenters. The van der Waals surface area contributed by atoms with Gasteiger partial charge in [0.15, 0.2) is 5.78 Å². The van der Waals surface area contributed by atoms with Crippen LogP contribution in [0.4, 0.5) is 0 Å². The van der Waals surface area contributed by atoms with Gasteiger partial charge in [-0.2, -0.15) is 0 Å². The predicted octanol–water partition coefficient (Wildman–Crippen LogP) is 2.66. The second kappa shape index (κ2) is 17.9. The number of aliphatic hydroxyl groups is 1. The number of benzene rings is 1. The third-order valence-corrected chi connectivity index (χ3v) is 3.97. The summed E-state index contributed by atoms with van der Waals surface area (Å²) in [6.45, 7) is 8.41. The van der Waals surface area contributed by atoms with Crippen LogP contribution in [0.3, 0.4) is 0 Å². The standard InChI is InChI=1S/C19H31NO4.C4H4O4/c1-4-6-10-23-13-17-11-16(15(3)21)7-8-19(17)24-14-18(22)12-20-9-5-2;5-3(6)1-2-4(7)8/h7-8,11,18,20,22H,4-6,9-10,12-14H2,1-3H3;1-2H,(H,5,6)(H,7,8)/b;2-1+. The summed E-state index contributed by atoms with van der Waals surface area (Å²) in [6, 6.07) is 5.34. The lowest BCUT2D eigenvalue weighted by molar-refractivity contribution is -0.134. The number of rotatable bonds is 15. The van der Waals surface area contributed by atoms with Crippen molar-refractivity contribution in [2.45, 2.75) is 52.7 Å². The molecule has 0 aliphatic heterocycles. The molecule has 0 amide bonds. The van der Waals surface area contributed by atoms with Crippen molar-refractivity contribution >= 4 is 17.7 Å². The zero-order chi connectivity index (χ0) is 24.4. The van der Waals surface area contributed by atoms with E-state index in [0.717, 1.165) is 31.4 Å². The molecule has 0 aromatic heterocycles. The van der Waals surface area contributed by atoms with E-state index in [1.165, 1.54) is 0 Å². The van der Waals surface area contributed by atoms with E-state index in [-0.39, 0.29) is 12.4 Å². The highest BCUT2D eigenvalue weighted by Crippen LogP contribution is 2.22. The zero-order valence-corrected chi connectivity index (χ0v) is 19.0. The first-order valence-electron chi connectivity index (χ1n) is 10.6. The Labute approximate surface area is 189 Å². The first-order chi connectivity index (χ1) is 15.2. The van der Waals surface area contributed by atoms with Crippen LogP contribution in [0.2, 0.25) is 0 Å². The third-order valence-electron chi connectivity index (χ3n) is 3.97. The fourth-order valence-corrected chi connectivity index (χ4v) is 2.31. The van der Waals surface area contributed by atoms with Gasteiger partial charge >= 0.3 is 11.9 Å². The molecule has 9 nitrogen and oxygen atoms in total. The molecule has 0 fully saturated rings. The predicted molar refractivity (Wildman–Crippen MR) is 120 cm³/mol. The Morgan fingerprint density at radius 2 is 1.75 bits per heavy atom. The molecule has 0 saturated heterocycles. The molecule has 0 heterocycles. The van der Waals surface area contributed by atoms with Gasteiger partial charge < -0.3 is 30.1 Å². The van der Waals surface area contributed by atoms with Gasteiger partial charge in [-0.15, -0.1) is 0 Å². The monoisotopic (exact) mass is 453 g/mol. The third kappa shape index (κ3) is 15.1. The minimum atomic E-state index is -1.26. The van der Waals surface area contributed by atoms with Crippen molar-refractivity contribution in [1.29, 1.82) is 0 Å². The highest BCUT2D eigenvalue weighted by atomic mass is 16.5. The van der Waals surface area contributed by atoms with E-state index in [1.54, 1.807) is 19.1 Å². The van der Waals surface area contributed by atoms with Gasteiger partial charge in [0.05, 0.1) is 6.61 Å². The van der Waals surface area contributed by atoms with Crippen LogP contribution in [0.5, 0.6) is 5.75 Å². The molecule has 9 heteroatoms. The minimum absolute atomic E-state index is 0.0140. The molecule has 32 heavy (non-hydrogen) atoms. The molecule has 0 radical (unpaired) electrons. The van der Waals surface area contributed by atoms with Crippen molar-refractivity contribution in [1.82, 2.24) is 5.32 Å². The number of ketones is 1. The van der Waals surface area contributed by atoms with Crippen LogP contribution in [0.25, 0.3) is 0 Å². The lowest BCUT2D eigenvalue weighted by Gasteiger charge is -2.16. The van der Waals surface area contributed by atoms with Crippen LogP contribution in [-0.2, 0) is 20.9 Å². The molecule has 180 valence electrons. The number of ether oxygens (including phenoxy) is 2. The van der Waals surface area contributed by atoms with Crippen LogP contribution in [0, 0.1) is 0 Å². The maximum absolute atomic E-state index is 11.6. The molecule has 1 aromatic carbocycles. The number of carboxylic acid groups (broad SMARTS) is 2. The van der Waals surface area contributed by atoms with Crippen molar-refractivity contribution in [3.05, 3.63) is 41.5 Å². The number of aliphatic carboxylic acids is 2. The number of nitrogens with one attached hydrogen (secondary N) is 1. The number of hydrogen-bond acceptors (Lipinski definition) is 7. The Kier molecular flexibility index (Phi) is 16.3. The molecule has 0 aliphatic carbocycles. The molecular formula is C23H35NO8. The average molecular weight is 454 g/mol. The fourth-order valence-electron chi connectivity index (χ4n) is 2.31. The molecule has 0 spiro atoms. The Morgan fingerprint density at radius 1 is 1.09 bits per heavy atom. The molecule has 0 aliphatic rings. The van der Waals surface area contributed by atoms with Crippen molar-refractivity contribution in [3.63, 3.8) is 0 Å². The maximum Gasteiger partial charge on any atom is 0.328 e. The first-order valence-corrected chi connectivity index (χ1v) is 10.6. The summed E-state index contributed by atoms with van der Waals surface area (Å²) >= 11 is 0. The van der Waals surface area contributed by atoms with Crippen molar-refractivity contribution in [2.75, 3.05) is 26.3 Å². The summed E-state index contributed by atoms with van der Waals surface area (Å²) in [5, 5.41) is 28.7. The summed E-state index contributed by atoms with van der Waals surface area (Å²) in [5.74, 6) is -1.84. The average Bonchev–Trinajstić information content (AvgIpc) is 2.74. The second-order valence-corrected chi connectivity index (χ2v) is 6.96. The first kappa shape index (κ1) is 29.2. The van der Waals surface area contributed by atoms with Crippen LogP contribution in [0.15, 0.2) is 30.4 Å². The largest absolute Gasteiger partial charge is 0.490 e. The van der Waals surface area contributed by atoms with E-state index < -0.39 is 18.0 Å². The molecule has 1 aromatic rings. The van der Waals surface area contributed by atoms with Gasteiger partial charge in [-0.25, -0.2) is 9.59 Å². The molecule has 0 bridgehead atoms. The van der Waals surface area contributed by atoms with Gasteiger partial charge in [0.1, 0.15) is 18.5 Å². The SMILES string of the molecule is CCCCOCc1cc(C(C)=O)ccc1OCC(O)CNCCC.O=C(O)/C=C/C(=O)O. The summed E-state index contributed by atoms with van der Waals surface area (Å²) in [5.41, 5.74) is 1.48. The molecular weight excluding hydrogens is 418 g/mol. The lowest BCUT2D eigenvalue weighted by atomic mass is 10.1. The molecule has 0 saturated carbocycles. The smallest absolute Gasteiger partial charge is 0.328 e. The summed E-state index contributed by atoms with van der Waals surface area (Å²) in [6.07, 6.45) is 3.65. The summed E-state index contributed by atoms with van der Waals surface area (Å²) in [4.78, 5) is 30.7. The Balaban J connectivity index is 0.00000102. The van der Waals surface area contributed by atoms with Gasteiger partial charge in [0, 0.05) is 36.4 Å². The number of carbonyl (C=O) groups is 3. The van der Waals surface area contributed by atoms with Gasteiger partial charge in [0.2, 0.25) is 0 Å². The number of hydrogen-bond donors (Lipinski definition) is 4. The van der Waals surface area contributed by atoms with Crippen LogP contribution in [0.1, 0.15) is 56.0 Å². The highest BCUT2D eigenvalue weighted by Gasteiger charge is 2.11. The summed E-state index contributed by atoms with van der Waals surface area (Å²) in [7, 11) is 0.